The monoisotopic (exact) mass is 318 g/mol. The van der Waals surface area contributed by atoms with E-state index in [0.717, 1.165) is 6.42 Å². The third-order valence-corrected chi connectivity index (χ3v) is 3.69. The molecule has 1 aliphatic heterocycles. The molecule has 1 atom stereocenters. The highest BCUT2D eigenvalue weighted by atomic mass is 16.6. The molecule has 1 N–H and O–H groups in total. The topological polar surface area (TPSA) is 58.6 Å². The Balaban J connectivity index is 1.86. The second-order valence-corrected chi connectivity index (χ2v) is 6.86. The highest BCUT2D eigenvalue weighted by molar-refractivity contribution is 5.87. The first kappa shape index (κ1) is 17.5. The first-order chi connectivity index (χ1) is 10.8. The fourth-order valence-electron chi connectivity index (χ4n) is 2.63. The van der Waals surface area contributed by atoms with Crippen LogP contribution in [0.15, 0.2) is 30.3 Å². The Hall–Kier alpha value is -1.88. The van der Waals surface area contributed by atoms with Gasteiger partial charge in [-0.25, -0.2) is 0 Å². The minimum absolute atomic E-state index is 0.0157. The second kappa shape index (κ2) is 7.59. The van der Waals surface area contributed by atoms with Crippen LogP contribution in [0.25, 0.3) is 0 Å². The average molecular weight is 318 g/mol. The third kappa shape index (κ3) is 5.67. The third-order valence-electron chi connectivity index (χ3n) is 3.69. The first-order valence-corrected chi connectivity index (χ1v) is 8.13. The summed E-state index contributed by atoms with van der Waals surface area (Å²) >= 11 is 0. The van der Waals surface area contributed by atoms with Crippen molar-refractivity contribution < 1.29 is 14.3 Å². The Labute approximate surface area is 138 Å². The molecule has 0 aromatic heterocycles. The van der Waals surface area contributed by atoms with Gasteiger partial charge in [0.25, 0.3) is 0 Å². The summed E-state index contributed by atoms with van der Waals surface area (Å²) in [5.41, 5.74) is 0.685. The molecule has 0 aliphatic carbocycles. The van der Waals surface area contributed by atoms with E-state index in [9.17, 15) is 9.59 Å². The minimum Gasteiger partial charge on any atom is -0.460 e. The molecule has 5 nitrogen and oxygen atoms in total. The van der Waals surface area contributed by atoms with E-state index in [4.69, 9.17) is 4.74 Å². The van der Waals surface area contributed by atoms with Gasteiger partial charge in [0.2, 0.25) is 5.91 Å². The highest BCUT2D eigenvalue weighted by Crippen LogP contribution is 2.12. The summed E-state index contributed by atoms with van der Waals surface area (Å²) < 4.78 is 5.30. The zero-order valence-electron chi connectivity index (χ0n) is 14.2. The van der Waals surface area contributed by atoms with Gasteiger partial charge < -0.3 is 15.0 Å². The maximum atomic E-state index is 12.5. The number of carbonyl (C=O) groups excluding carboxylic acids is 2. The van der Waals surface area contributed by atoms with E-state index in [1.807, 2.05) is 43.9 Å². The molecular formula is C18H26N2O3. The normalized spacial score (nSPS) is 18.8. The van der Waals surface area contributed by atoms with Crippen molar-refractivity contribution in [3.8, 4) is 0 Å². The van der Waals surface area contributed by atoms with Crippen molar-refractivity contribution in [2.24, 2.45) is 0 Å². The van der Waals surface area contributed by atoms with E-state index in [0.29, 0.717) is 19.6 Å². The van der Waals surface area contributed by atoms with Crippen LogP contribution in [0.5, 0.6) is 0 Å². The van der Waals surface area contributed by atoms with Crippen molar-refractivity contribution >= 4 is 11.9 Å². The van der Waals surface area contributed by atoms with Crippen molar-refractivity contribution in [1.29, 1.82) is 0 Å². The molecule has 23 heavy (non-hydrogen) atoms. The molecule has 1 saturated heterocycles. The minimum atomic E-state index is -0.526. The van der Waals surface area contributed by atoms with Crippen molar-refractivity contribution in [2.75, 3.05) is 19.6 Å². The summed E-state index contributed by atoms with van der Waals surface area (Å²) in [4.78, 5) is 26.3. The second-order valence-electron chi connectivity index (χ2n) is 6.86. The summed E-state index contributed by atoms with van der Waals surface area (Å²) in [7, 11) is 0. The molecular weight excluding hydrogens is 292 g/mol. The van der Waals surface area contributed by atoms with Gasteiger partial charge in [-0.05, 0) is 32.8 Å². The number of hydrogen-bond acceptors (Lipinski definition) is 4. The fourth-order valence-corrected chi connectivity index (χ4v) is 2.63. The summed E-state index contributed by atoms with van der Waals surface area (Å²) in [6.45, 7) is 7.54. The van der Waals surface area contributed by atoms with Crippen LogP contribution in [0.2, 0.25) is 0 Å². The van der Waals surface area contributed by atoms with Crippen LogP contribution in [0.3, 0.4) is 0 Å². The van der Waals surface area contributed by atoms with Gasteiger partial charge in [0.15, 0.2) is 0 Å². The van der Waals surface area contributed by atoms with Gasteiger partial charge in [-0.1, -0.05) is 30.3 Å². The summed E-state index contributed by atoms with van der Waals surface area (Å²) in [5, 5.41) is 3.12. The van der Waals surface area contributed by atoms with Crippen LogP contribution in [0.1, 0.15) is 32.8 Å². The lowest BCUT2D eigenvalue weighted by molar-refractivity contribution is -0.157. The number of nitrogens with one attached hydrogen (secondary N) is 1. The summed E-state index contributed by atoms with van der Waals surface area (Å²) in [6.07, 6.45) is 0.906. The van der Waals surface area contributed by atoms with Crippen molar-refractivity contribution in [2.45, 2.75) is 45.3 Å². The number of benzene rings is 1. The Bertz CT molecular complexity index is 537. The molecule has 1 heterocycles. The predicted octanol–water partition coefficient (Wildman–Crippen LogP) is 1.76. The molecule has 0 radical (unpaired) electrons. The molecule has 2 rings (SSSR count). The largest absolute Gasteiger partial charge is 0.460 e. The van der Waals surface area contributed by atoms with Crippen molar-refractivity contribution in [1.82, 2.24) is 10.2 Å². The number of rotatable bonds is 5. The molecule has 1 amide bonds. The lowest BCUT2D eigenvalue weighted by atomic mass is 10.1. The van der Waals surface area contributed by atoms with Crippen LogP contribution in [0, 0.1) is 0 Å². The number of amides is 1. The van der Waals surface area contributed by atoms with Crippen LogP contribution in [0.4, 0.5) is 0 Å². The van der Waals surface area contributed by atoms with E-state index < -0.39 is 11.6 Å². The smallest absolute Gasteiger partial charge is 0.308 e. The van der Waals surface area contributed by atoms with E-state index >= 15 is 0 Å². The van der Waals surface area contributed by atoms with Crippen molar-refractivity contribution in [3.63, 3.8) is 0 Å². The maximum Gasteiger partial charge on any atom is 0.308 e. The van der Waals surface area contributed by atoms with E-state index in [1.54, 1.807) is 0 Å². The van der Waals surface area contributed by atoms with Crippen LogP contribution >= 0.6 is 0 Å². The Morgan fingerprint density at radius 1 is 1.30 bits per heavy atom. The molecule has 126 valence electrons. The molecule has 0 bridgehead atoms. The van der Waals surface area contributed by atoms with Gasteiger partial charge in [0.1, 0.15) is 5.60 Å². The lowest BCUT2D eigenvalue weighted by Crippen LogP contribution is -2.56. The number of hydrogen-bond donors (Lipinski definition) is 1. The number of carbonyl (C=O) groups is 2. The van der Waals surface area contributed by atoms with Gasteiger partial charge in [-0.2, -0.15) is 0 Å². The molecule has 1 aromatic carbocycles. The van der Waals surface area contributed by atoms with E-state index in [1.165, 1.54) is 5.56 Å². The van der Waals surface area contributed by atoms with Gasteiger partial charge in [-0.15, -0.1) is 0 Å². The molecule has 0 spiro atoms. The molecule has 5 heteroatoms. The summed E-state index contributed by atoms with van der Waals surface area (Å²) in [6, 6.07) is 9.63. The van der Waals surface area contributed by atoms with E-state index in [-0.39, 0.29) is 18.3 Å². The predicted molar refractivity (Wildman–Crippen MR) is 89.0 cm³/mol. The van der Waals surface area contributed by atoms with E-state index in [2.05, 4.69) is 17.4 Å². The SMILES string of the molecule is CC(C)(C)OC(=O)C[C@@H]1NCCN(CCc2ccccc2)C1=O. The Morgan fingerprint density at radius 2 is 2.00 bits per heavy atom. The molecule has 1 aliphatic rings. The van der Waals surface area contributed by atoms with Gasteiger partial charge >= 0.3 is 5.97 Å². The summed E-state index contributed by atoms with van der Waals surface area (Å²) in [5.74, 6) is -0.355. The lowest BCUT2D eigenvalue weighted by Gasteiger charge is -2.33. The highest BCUT2D eigenvalue weighted by Gasteiger charge is 2.31. The zero-order valence-corrected chi connectivity index (χ0v) is 14.2. The fraction of sp³-hybridized carbons (Fsp3) is 0.556. The van der Waals surface area contributed by atoms with Crippen LogP contribution in [-0.2, 0) is 20.7 Å². The Kier molecular flexibility index (Phi) is 5.77. The number of piperazine rings is 1. The Morgan fingerprint density at radius 3 is 2.65 bits per heavy atom. The van der Waals surface area contributed by atoms with Crippen LogP contribution < -0.4 is 5.32 Å². The molecule has 1 fully saturated rings. The number of ether oxygens (including phenoxy) is 1. The molecule has 0 unspecified atom stereocenters. The number of esters is 1. The zero-order chi connectivity index (χ0) is 16.9. The van der Waals surface area contributed by atoms with Crippen molar-refractivity contribution in [3.05, 3.63) is 35.9 Å². The van der Waals surface area contributed by atoms with Gasteiger partial charge in [-0.3, -0.25) is 9.59 Å². The standard InChI is InChI=1S/C18H26N2O3/c1-18(2,3)23-16(21)13-15-17(22)20(12-10-19-15)11-9-14-7-5-4-6-8-14/h4-8,15,19H,9-13H2,1-3H3/t15-/m0/s1. The molecule has 0 saturated carbocycles. The van der Waals surface area contributed by atoms with Gasteiger partial charge in [0, 0.05) is 19.6 Å². The van der Waals surface area contributed by atoms with Gasteiger partial charge in [0.05, 0.1) is 12.5 Å². The van der Waals surface area contributed by atoms with Crippen LogP contribution in [-0.4, -0.2) is 48.1 Å². The number of nitrogens with zero attached hydrogens (tertiary/aromatic N) is 1. The quantitative estimate of drug-likeness (QED) is 0.841. The average Bonchev–Trinajstić information content (AvgIpc) is 2.47. The molecule has 1 aromatic rings. The maximum absolute atomic E-state index is 12.5. The first-order valence-electron chi connectivity index (χ1n) is 8.13.